The number of hydrogen-bond acceptors (Lipinski definition) is 2. The van der Waals surface area contributed by atoms with Crippen molar-refractivity contribution in [1.82, 2.24) is 0 Å². The van der Waals surface area contributed by atoms with Gasteiger partial charge >= 0.3 is 0 Å². The molecule has 0 amide bonds. The van der Waals surface area contributed by atoms with E-state index in [0.29, 0.717) is 16.5 Å². The molecule has 0 aliphatic heterocycles. The van der Waals surface area contributed by atoms with Crippen molar-refractivity contribution >= 4 is 40.3 Å². The lowest BCUT2D eigenvalue weighted by Crippen LogP contribution is -2.19. The predicted molar refractivity (Wildman–Crippen MR) is 84.2 cm³/mol. The van der Waals surface area contributed by atoms with E-state index in [4.69, 9.17) is 28.6 Å². The van der Waals surface area contributed by atoms with Crippen molar-refractivity contribution in [2.45, 2.75) is 0 Å². The van der Waals surface area contributed by atoms with E-state index in [2.05, 4.69) is 10.6 Å². The molecule has 0 bridgehead atoms. The number of anilines is 2. The molecule has 0 aromatic heterocycles. The largest absolute Gasteiger partial charge is 0.495 e. The molecule has 0 saturated heterocycles. The summed E-state index contributed by atoms with van der Waals surface area (Å²) in [6, 6.07) is 11.7. The Balaban J connectivity index is 2.07. The van der Waals surface area contributed by atoms with E-state index >= 15 is 0 Å². The molecule has 0 aliphatic carbocycles. The average molecular weight is 311 g/mol. The quantitative estimate of drug-likeness (QED) is 0.828. The van der Waals surface area contributed by atoms with E-state index in [1.165, 1.54) is 12.1 Å². The van der Waals surface area contributed by atoms with Crippen LogP contribution in [0.25, 0.3) is 0 Å². The van der Waals surface area contributed by atoms with Gasteiger partial charge in [0.2, 0.25) is 0 Å². The molecule has 6 heteroatoms. The van der Waals surface area contributed by atoms with E-state index in [1.54, 1.807) is 13.2 Å². The van der Waals surface area contributed by atoms with Crippen LogP contribution in [0.5, 0.6) is 5.75 Å². The summed E-state index contributed by atoms with van der Waals surface area (Å²) in [7, 11) is 1.58. The van der Waals surface area contributed by atoms with Gasteiger partial charge in [-0.25, -0.2) is 4.39 Å². The zero-order valence-corrected chi connectivity index (χ0v) is 12.2. The van der Waals surface area contributed by atoms with E-state index in [-0.39, 0.29) is 5.02 Å². The van der Waals surface area contributed by atoms with Crippen molar-refractivity contribution in [3.63, 3.8) is 0 Å². The second-order valence-electron chi connectivity index (χ2n) is 3.91. The first-order valence-corrected chi connectivity index (χ1v) is 6.55. The molecule has 0 atom stereocenters. The van der Waals surface area contributed by atoms with E-state index < -0.39 is 5.82 Å². The minimum absolute atomic E-state index is 0.0371. The maximum absolute atomic E-state index is 13.1. The number of ether oxygens (including phenoxy) is 1. The molecule has 20 heavy (non-hydrogen) atoms. The van der Waals surface area contributed by atoms with Crippen molar-refractivity contribution in [3.05, 3.63) is 53.3 Å². The fourth-order valence-corrected chi connectivity index (χ4v) is 2.01. The van der Waals surface area contributed by atoms with Crippen LogP contribution in [-0.4, -0.2) is 12.2 Å². The van der Waals surface area contributed by atoms with Crippen LogP contribution in [0.1, 0.15) is 0 Å². The Hall–Kier alpha value is -1.85. The van der Waals surface area contributed by atoms with Crippen LogP contribution >= 0.6 is 23.8 Å². The number of rotatable bonds is 3. The number of nitrogens with one attached hydrogen (secondary N) is 2. The first-order valence-electron chi connectivity index (χ1n) is 5.76. The van der Waals surface area contributed by atoms with Crippen molar-refractivity contribution in [1.29, 1.82) is 0 Å². The molecule has 0 aliphatic rings. The number of hydrogen-bond donors (Lipinski definition) is 2. The molecule has 104 valence electrons. The van der Waals surface area contributed by atoms with Gasteiger partial charge in [0.15, 0.2) is 5.11 Å². The molecule has 0 fully saturated rings. The van der Waals surface area contributed by atoms with Crippen molar-refractivity contribution in [2.24, 2.45) is 0 Å². The predicted octanol–water partition coefficient (Wildman–Crippen LogP) is 4.30. The Morgan fingerprint density at radius 2 is 1.95 bits per heavy atom. The summed E-state index contributed by atoms with van der Waals surface area (Å²) in [6.45, 7) is 0. The standard InChI is InChI=1S/C14H12ClFN2OS/c1-19-13-5-3-2-4-12(13)18-14(20)17-9-6-7-11(16)10(15)8-9/h2-8H,1H3,(H2,17,18,20). The number of thiocarbonyl (C=S) groups is 1. The molecular weight excluding hydrogens is 299 g/mol. The zero-order valence-electron chi connectivity index (χ0n) is 10.6. The van der Waals surface area contributed by atoms with Crippen molar-refractivity contribution in [2.75, 3.05) is 17.7 Å². The van der Waals surface area contributed by atoms with Crippen LogP contribution in [0.15, 0.2) is 42.5 Å². The van der Waals surface area contributed by atoms with E-state index in [9.17, 15) is 4.39 Å². The first-order chi connectivity index (χ1) is 9.60. The Bertz CT molecular complexity index is 636. The van der Waals surface area contributed by atoms with Gasteiger partial charge in [-0.2, -0.15) is 0 Å². The van der Waals surface area contributed by atoms with Crippen LogP contribution in [0, 0.1) is 5.82 Å². The first kappa shape index (κ1) is 14.6. The van der Waals surface area contributed by atoms with Gasteiger partial charge < -0.3 is 15.4 Å². The third-order valence-electron chi connectivity index (χ3n) is 2.53. The summed E-state index contributed by atoms with van der Waals surface area (Å²) in [5.74, 6) is 0.203. The van der Waals surface area contributed by atoms with Gasteiger partial charge in [-0.15, -0.1) is 0 Å². The lowest BCUT2D eigenvalue weighted by Gasteiger charge is -2.13. The van der Waals surface area contributed by atoms with E-state index in [0.717, 1.165) is 5.69 Å². The van der Waals surface area contributed by atoms with Crippen LogP contribution < -0.4 is 15.4 Å². The van der Waals surface area contributed by atoms with Crippen molar-refractivity contribution in [3.8, 4) is 5.75 Å². The molecule has 2 N–H and O–H groups in total. The molecule has 0 saturated carbocycles. The molecule has 3 nitrogen and oxygen atoms in total. The maximum atomic E-state index is 13.1. The van der Waals surface area contributed by atoms with Crippen LogP contribution in [-0.2, 0) is 0 Å². The fraction of sp³-hybridized carbons (Fsp3) is 0.0714. The monoisotopic (exact) mass is 310 g/mol. The smallest absolute Gasteiger partial charge is 0.175 e. The third kappa shape index (κ3) is 3.59. The third-order valence-corrected chi connectivity index (χ3v) is 3.03. The zero-order chi connectivity index (χ0) is 14.5. The molecule has 0 radical (unpaired) electrons. The fourth-order valence-electron chi connectivity index (χ4n) is 1.61. The number of para-hydroxylation sites is 2. The molecule has 0 unspecified atom stereocenters. The highest BCUT2D eigenvalue weighted by Gasteiger charge is 2.05. The molecular formula is C14H12ClFN2OS. The highest BCUT2D eigenvalue weighted by atomic mass is 35.5. The lowest BCUT2D eigenvalue weighted by atomic mass is 10.3. The van der Waals surface area contributed by atoms with Crippen LogP contribution in [0.2, 0.25) is 5.02 Å². The van der Waals surface area contributed by atoms with Crippen LogP contribution in [0.4, 0.5) is 15.8 Å². The lowest BCUT2D eigenvalue weighted by molar-refractivity contribution is 0.417. The Kier molecular flexibility index (Phi) is 4.76. The van der Waals surface area contributed by atoms with E-state index in [1.807, 2.05) is 24.3 Å². The molecule has 2 rings (SSSR count). The van der Waals surface area contributed by atoms with Gasteiger partial charge in [-0.1, -0.05) is 23.7 Å². The number of halogens is 2. The molecule has 0 heterocycles. The minimum atomic E-state index is -0.471. The van der Waals surface area contributed by atoms with Gasteiger partial charge in [0.1, 0.15) is 11.6 Å². The number of methoxy groups -OCH3 is 1. The second-order valence-corrected chi connectivity index (χ2v) is 4.72. The summed E-state index contributed by atoms with van der Waals surface area (Å²) in [5.41, 5.74) is 1.34. The highest BCUT2D eigenvalue weighted by Crippen LogP contribution is 2.24. The summed E-state index contributed by atoms with van der Waals surface area (Å²) in [5, 5.41) is 6.32. The highest BCUT2D eigenvalue weighted by molar-refractivity contribution is 7.80. The van der Waals surface area contributed by atoms with Gasteiger partial charge in [0, 0.05) is 5.69 Å². The second kappa shape index (κ2) is 6.54. The summed E-state index contributed by atoms with van der Waals surface area (Å²) >= 11 is 10.9. The van der Waals surface area contributed by atoms with Gasteiger partial charge in [0.25, 0.3) is 0 Å². The maximum Gasteiger partial charge on any atom is 0.175 e. The van der Waals surface area contributed by atoms with Gasteiger partial charge in [-0.05, 0) is 42.5 Å². The minimum Gasteiger partial charge on any atom is -0.495 e. The van der Waals surface area contributed by atoms with Crippen molar-refractivity contribution < 1.29 is 9.13 Å². The Morgan fingerprint density at radius 1 is 1.20 bits per heavy atom. The summed E-state index contributed by atoms with van der Waals surface area (Å²) in [6.07, 6.45) is 0. The molecule has 2 aromatic rings. The summed E-state index contributed by atoms with van der Waals surface area (Å²) < 4.78 is 18.3. The average Bonchev–Trinajstić information content (AvgIpc) is 2.43. The summed E-state index contributed by atoms with van der Waals surface area (Å²) in [4.78, 5) is 0. The SMILES string of the molecule is COc1ccccc1NC(=S)Nc1ccc(F)c(Cl)c1. The number of benzene rings is 2. The van der Waals surface area contributed by atoms with Crippen LogP contribution in [0.3, 0.4) is 0 Å². The molecule has 0 spiro atoms. The Morgan fingerprint density at radius 3 is 2.65 bits per heavy atom. The topological polar surface area (TPSA) is 33.3 Å². The van der Waals surface area contributed by atoms with Gasteiger partial charge in [-0.3, -0.25) is 0 Å². The normalized spacial score (nSPS) is 9.95. The molecule has 2 aromatic carbocycles. The Labute approximate surface area is 126 Å². The van der Waals surface area contributed by atoms with Gasteiger partial charge in [0.05, 0.1) is 17.8 Å².